The summed E-state index contributed by atoms with van der Waals surface area (Å²) in [7, 11) is -4.23. The van der Waals surface area contributed by atoms with Crippen molar-refractivity contribution in [2.24, 2.45) is 5.41 Å². The molecule has 12 heteroatoms. The number of carboxylic acids is 1. The minimum atomic E-state index is -4.23. The van der Waals surface area contributed by atoms with E-state index in [9.17, 15) is 19.3 Å². The van der Waals surface area contributed by atoms with Crippen molar-refractivity contribution in [1.82, 2.24) is 5.32 Å². The average molecular weight is 399 g/mol. The van der Waals surface area contributed by atoms with Crippen molar-refractivity contribution in [2.75, 3.05) is 19.9 Å². The van der Waals surface area contributed by atoms with Gasteiger partial charge in [0.25, 0.3) is 0 Å². The van der Waals surface area contributed by atoms with Gasteiger partial charge in [-0.05, 0) is 0 Å². The van der Waals surface area contributed by atoms with Gasteiger partial charge in [0.2, 0.25) is 0 Å². The average Bonchev–Trinajstić information content (AvgIpc) is 2.49. The monoisotopic (exact) mass is 399 g/mol. The Labute approximate surface area is 151 Å². The second-order valence-electron chi connectivity index (χ2n) is 6.56. The molecule has 1 atom stereocenters. The Balaban J connectivity index is 2.59. The van der Waals surface area contributed by atoms with Gasteiger partial charge in [0.05, 0.1) is 0 Å². The van der Waals surface area contributed by atoms with Gasteiger partial charge in [-0.25, -0.2) is 0 Å². The van der Waals surface area contributed by atoms with Crippen LogP contribution in [-0.2, 0) is 32.6 Å². The Hall–Kier alpha value is -1.52. The number of carboxylic acid groups (broad SMARTS) is 1. The van der Waals surface area contributed by atoms with E-state index in [1.807, 2.05) is 0 Å². The molecule has 0 aromatic carbocycles. The van der Waals surface area contributed by atoms with Crippen LogP contribution in [0.2, 0.25) is 0 Å². The molecule has 0 radical (unpaired) electrons. The van der Waals surface area contributed by atoms with Crippen LogP contribution in [0.3, 0.4) is 0 Å². The zero-order chi connectivity index (χ0) is 20.0. The quantitative estimate of drug-likeness (QED) is 0.306. The molecule has 0 saturated carbocycles. The van der Waals surface area contributed by atoms with Crippen LogP contribution in [0.5, 0.6) is 0 Å². The summed E-state index contributed by atoms with van der Waals surface area (Å²) in [5, 5.41) is 11.0. The fraction of sp³-hybridized carbons (Fsp3) is 0.786. The first-order valence-electron chi connectivity index (χ1n) is 7.96. The molecule has 152 valence electrons. The Bertz CT molecular complexity index is 526. The molecule has 3 N–H and O–H groups in total. The van der Waals surface area contributed by atoms with E-state index in [2.05, 4.69) is 10.1 Å². The van der Waals surface area contributed by atoms with Gasteiger partial charge in [0.15, 0.2) is 0 Å². The second kappa shape index (κ2) is 9.43. The van der Waals surface area contributed by atoms with Crippen molar-refractivity contribution < 1.29 is 47.4 Å². The number of carbonyl (C=O) groups is 3. The van der Waals surface area contributed by atoms with E-state index in [4.69, 9.17) is 23.4 Å². The fourth-order valence-corrected chi connectivity index (χ4v) is 3.65. The molecular formula is C14H26NO10P. The van der Waals surface area contributed by atoms with Crippen molar-refractivity contribution in [2.45, 2.75) is 46.3 Å². The van der Waals surface area contributed by atoms with Crippen LogP contribution in [-0.4, -0.2) is 60.2 Å². The number of ether oxygens (including phenoxy) is 2. The van der Waals surface area contributed by atoms with Gasteiger partial charge >= 0.3 is 151 Å². The standard InChI is InChI=1S/C14H26NO10P/c1-9(2)24-13(19)21-8-23-26(20)22-7-14(3,4)11(25-26)12(18)15-6-5-10(16)17/h9,11,20,26H,5-8H2,1-4H3,(H,15,18)(H,16,17)/t11-/m0/s1. The second-order valence-corrected chi connectivity index (χ2v) is 8.42. The number of carbonyl (C=O) groups excluding carboxylic acids is 2. The summed E-state index contributed by atoms with van der Waals surface area (Å²) >= 11 is 0. The number of hydrogen-bond acceptors (Lipinski definition) is 9. The molecule has 1 saturated heterocycles. The van der Waals surface area contributed by atoms with Gasteiger partial charge in [-0.15, -0.1) is 0 Å². The van der Waals surface area contributed by atoms with E-state index >= 15 is 0 Å². The summed E-state index contributed by atoms with van der Waals surface area (Å²) in [5.41, 5.74) is -0.798. The molecule has 1 amide bonds. The van der Waals surface area contributed by atoms with Gasteiger partial charge in [-0.2, -0.15) is 0 Å². The molecule has 11 nitrogen and oxygen atoms in total. The van der Waals surface area contributed by atoms with E-state index in [1.165, 1.54) is 0 Å². The molecule has 0 aliphatic carbocycles. The Morgan fingerprint density at radius 2 is 2.00 bits per heavy atom. The van der Waals surface area contributed by atoms with Crippen molar-refractivity contribution in [3.63, 3.8) is 0 Å². The summed E-state index contributed by atoms with van der Waals surface area (Å²) in [6.07, 6.45) is -2.76. The first-order valence-corrected chi connectivity index (χ1v) is 9.63. The van der Waals surface area contributed by atoms with Gasteiger partial charge in [0, 0.05) is 0 Å². The molecule has 0 aromatic rings. The summed E-state index contributed by atoms with van der Waals surface area (Å²) < 4.78 is 24.9. The van der Waals surface area contributed by atoms with E-state index < -0.39 is 44.5 Å². The maximum absolute atomic E-state index is 12.3. The van der Waals surface area contributed by atoms with Crippen LogP contribution in [0.4, 0.5) is 4.79 Å². The molecule has 0 unspecified atom stereocenters. The number of aliphatic carboxylic acids is 1. The summed E-state index contributed by atoms with van der Waals surface area (Å²) in [6, 6.07) is 0. The summed E-state index contributed by atoms with van der Waals surface area (Å²) in [5.74, 6) is -1.66. The molecule has 1 fully saturated rings. The number of amides is 1. The molecule has 1 aliphatic rings. The molecule has 1 aliphatic heterocycles. The Morgan fingerprint density at radius 1 is 1.35 bits per heavy atom. The molecule has 0 bridgehead atoms. The van der Waals surface area contributed by atoms with Crippen LogP contribution in [0.15, 0.2) is 0 Å². The first kappa shape index (κ1) is 22.5. The topological polar surface area (TPSA) is 150 Å². The third-order valence-electron chi connectivity index (χ3n) is 3.23. The van der Waals surface area contributed by atoms with Crippen LogP contribution in [0.25, 0.3) is 0 Å². The van der Waals surface area contributed by atoms with Gasteiger partial charge in [-0.3, -0.25) is 0 Å². The van der Waals surface area contributed by atoms with E-state index in [1.54, 1.807) is 27.7 Å². The van der Waals surface area contributed by atoms with Crippen LogP contribution >= 0.6 is 8.17 Å². The molecule has 1 rings (SSSR count). The zero-order valence-electron chi connectivity index (χ0n) is 15.1. The molecule has 0 aromatic heterocycles. The van der Waals surface area contributed by atoms with E-state index in [0.717, 1.165) is 0 Å². The third kappa shape index (κ3) is 7.38. The SMILES string of the molecule is CC(C)OC(=O)OCO[PH]1(O)OCC(C)(C)[C@H](C(=O)NCCC(=O)O)O1. The molecule has 1 heterocycles. The number of hydrogen-bond donors (Lipinski definition) is 3. The molecule has 26 heavy (non-hydrogen) atoms. The third-order valence-corrected chi connectivity index (χ3v) is 4.75. The van der Waals surface area contributed by atoms with Crippen molar-refractivity contribution in [3.05, 3.63) is 0 Å². The molecule has 0 spiro atoms. The fourth-order valence-electron chi connectivity index (χ4n) is 1.94. The van der Waals surface area contributed by atoms with E-state index in [0.29, 0.717) is 0 Å². The van der Waals surface area contributed by atoms with Gasteiger partial charge < -0.3 is 0 Å². The number of nitrogens with one attached hydrogen (secondary N) is 1. The maximum atomic E-state index is 12.3. The van der Waals surface area contributed by atoms with Crippen LogP contribution < -0.4 is 5.32 Å². The Kier molecular flexibility index (Phi) is 8.16. The predicted molar refractivity (Wildman–Crippen MR) is 89.1 cm³/mol. The summed E-state index contributed by atoms with van der Waals surface area (Å²) in [4.78, 5) is 44.3. The van der Waals surface area contributed by atoms with Crippen LogP contribution in [0.1, 0.15) is 34.1 Å². The van der Waals surface area contributed by atoms with Crippen LogP contribution in [0, 0.1) is 5.41 Å². The zero-order valence-corrected chi connectivity index (χ0v) is 16.1. The van der Waals surface area contributed by atoms with Gasteiger partial charge in [0.1, 0.15) is 0 Å². The van der Waals surface area contributed by atoms with Crippen molar-refractivity contribution in [1.29, 1.82) is 0 Å². The minimum absolute atomic E-state index is 0.0524. The van der Waals surface area contributed by atoms with Crippen molar-refractivity contribution >= 4 is 26.2 Å². The number of rotatable bonds is 8. The molecular weight excluding hydrogens is 373 g/mol. The van der Waals surface area contributed by atoms with Gasteiger partial charge in [-0.1, -0.05) is 0 Å². The van der Waals surface area contributed by atoms with E-state index in [-0.39, 0.29) is 25.7 Å². The first-order chi connectivity index (χ1) is 11.9. The summed E-state index contributed by atoms with van der Waals surface area (Å²) in [6.45, 7) is 5.81. The normalized spacial score (nSPS) is 22.3. The van der Waals surface area contributed by atoms with Crippen molar-refractivity contribution in [3.8, 4) is 0 Å². The predicted octanol–water partition coefficient (Wildman–Crippen LogP) is 0.957. The Morgan fingerprint density at radius 3 is 2.58 bits per heavy atom.